The fourth-order valence-corrected chi connectivity index (χ4v) is 3.36. The summed E-state index contributed by atoms with van der Waals surface area (Å²) in [6.07, 6.45) is -5.15. The minimum atomic E-state index is -4.87. The van der Waals surface area contributed by atoms with E-state index in [0.29, 0.717) is 6.29 Å². The molecule has 4 N–H and O–H groups in total. The lowest BCUT2D eigenvalue weighted by Crippen LogP contribution is -2.18. The first-order valence-electron chi connectivity index (χ1n) is 10.2. The summed E-state index contributed by atoms with van der Waals surface area (Å²) in [7, 11) is 4.64. The zero-order valence-electron chi connectivity index (χ0n) is 19.5. The largest absolute Gasteiger partial charge is 0.573 e. The number of para-hydroxylation sites is 1. The van der Waals surface area contributed by atoms with Crippen LogP contribution in [0.15, 0.2) is 65.6 Å². The Balaban J connectivity index is 0.000000319. The van der Waals surface area contributed by atoms with Gasteiger partial charge in [0.25, 0.3) is 0 Å². The summed E-state index contributed by atoms with van der Waals surface area (Å²) in [5, 5.41) is 10.8. The van der Waals surface area contributed by atoms with Crippen LogP contribution in [0.5, 0.6) is 11.5 Å². The van der Waals surface area contributed by atoms with Crippen LogP contribution in [0.2, 0.25) is 0 Å². The number of carbonyl (C=O) groups is 2. The molecule has 0 aromatic heterocycles. The van der Waals surface area contributed by atoms with Crippen LogP contribution in [0.1, 0.15) is 10.4 Å². The van der Waals surface area contributed by atoms with E-state index in [1.54, 1.807) is 7.11 Å². The number of halogens is 3. The SMILES string of the molecule is CNc1ccc(SN)c(OC)c1.COC(=O)Nc1cc(C=O)ccc1-c1ccccc1OC(F)(F)F. The van der Waals surface area contributed by atoms with Crippen molar-refractivity contribution in [1.82, 2.24) is 0 Å². The van der Waals surface area contributed by atoms with Crippen LogP contribution in [0.25, 0.3) is 11.1 Å². The van der Waals surface area contributed by atoms with Gasteiger partial charge in [0, 0.05) is 35.5 Å². The van der Waals surface area contributed by atoms with Crippen LogP contribution < -0.4 is 25.2 Å². The standard InChI is InChI=1S/C16H12F3NO4.C8H12N2OS/c1-23-15(22)20-13-8-10(9-21)6-7-11(13)12-4-2-3-5-14(12)24-16(17,18)19;1-10-6-3-4-8(12-9)7(5-6)11-2/h2-9H,1H3,(H,20,22);3-5,10H,9H2,1-2H3. The van der Waals surface area contributed by atoms with E-state index in [1.165, 1.54) is 48.3 Å². The van der Waals surface area contributed by atoms with Gasteiger partial charge < -0.3 is 19.5 Å². The van der Waals surface area contributed by atoms with Gasteiger partial charge in [-0.3, -0.25) is 15.3 Å². The van der Waals surface area contributed by atoms with E-state index >= 15 is 0 Å². The van der Waals surface area contributed by atoms with Crippen molar-refractivity contribution >= 4 is 35.7 Å². The fourth-order valence-electron chi connectivity index (χ4n) is 2.96. The Bertz CT molecular complexity index is 1190. The summed E-state index contributed by atoms with van der Waals surface area (Å²) >= 11 is 1.19. The van der Waals surface area contributed by atoms with E-state index in [9.17, 15) is 22.8 Å². The van der Waals surface area contributed by atoms with Crippen LogP contribution >= 0.6 is 11.9 Å². The molecule has 0 saturated heterocycles. The number of aldehydes is 1. The third kappa shape index (κ3) is 8.10. The van der Waals surface area contributed by atoms with Crippen molar-refractivity contribution in [3.05, 3.63) is 66.2 Å². The maximum Gasteiger partial charge on any atom is 0.573 e. The maximum absolute atomic E-state index is 12.6. The summed E-state index contributed by atoms with van der Waals surface area (Å²) in [6.45, 7) is 0. The minimum absolute atomic E-state index is 0.0960. The smallest absolute Gasteiger partial charge is 0.495 e. The van der Waals surface area contributed by atoms with Crippen molar-refractivity contribution in [3.8, 4) is 22.6 Å². The van der Waals surface area contributed by atoms with Gasteiger partial charge in [-0.2, -0.15) is 0 Å². The molecular formula is C24H24F3N3O5S. The first-order valence-corrected chi connectivity index (χ1v) is 11.1. The van der Waals surface area contributed by atoms with Crippen LogP contribution in [0.3, 0.4) is 0 Å². The predicted octanol–water partition coefficient (Wildman–Crippen LogP) is 5.95. The zero-order chi connectivity index (χ0) is 26.7. The van der Waals surface area contributed by atoms with Crippen molar-refractivity contribution in [1.29, 1.82) is 0 Å². The number of nitrogens with two attached hydrogens (primary N) is 1. The third-order valence-corrected chi connectivity index (χ3v) is 5.18. The van der Waals surface area contributed by atoms with Gasteiger partial charge in [0.05, 0.1) is 24.8 Å². The second-order valence-electron chi connectivity index (χ2n) is 6.82. The Morgan fingerprint density at radius 2 is 1.72 bits per heavy atom. The van der Waals surface area contributed by atoms with Gasteiger partial charge in [0.15, 0.2) is 0 Å². The van der Waals surface area contributed by atoms with Gasteiger partial charge in [0.2, 0.25) is 0 Å². The molecule has 192 valence electrons. The quantitative estimate of drug-likeness (QED) is 0.258. The second-order valence-corrected chi connectivity index (χ2v) is 7.49. The highest BCUT2D eigenvalue weighted by Gasteiger charge is 2.32. The number of methoxy groups -OCH3 is 2. The lowest BCUT2D eigenvalue weighted by atomic mass is 10.0. The molecule has 1 amide bonds. The molecule has 0 saturated carbocycles. The van der Waals surface area contributed by atoms with E-state index in [0.717, 1.165) is 29.5 Å². The molecule has 0 aliphatic heterocycles. The third-order valence-electron chi connectivity index (χ3n) is 4.58. The average Bonchev–Trinajstić information content (AvgIpc) is 2.88. The number of ether oxygens (including phenoxy) is 3. The lowest BCUT2D eigenvalue weighted by molar-refractivity contribution is -0.274. The molecule has 8 nitrogen and oxygen atoms in total. The number of hydrogen-bond acceptors (Lipinski definition) is 8. The highest BCUT2D eigenvalue weighted by molar-refractivity contribution is 7.97. The van der Waals surface area contributed by atoms with Crippen LogP contribution in [-0.2, 0) is 4.74 Å². The molecule has 0 bridgehead atoms. The summed E-state index contributed by atoms with van der Waals surface area (Å²) in [6, 6.07) is 15.4. The first kappa shape index (κ1) is 28.3. The summed E-state index contributed by atoms with van der Waals surface area (Å²) < 4.78 is 51.3. The number of rotatable bonds is 7. The van der Waals surface area contributed by atoms with Crippen molar-refractivity contribution in [2.24, 2.45) is 5.14 Å². The monoisotopic (exact) mass is 523 g/mol. The molecule has 0 unspecified atom stereocenters. The molecular weight excluding hydrogens is 499 g/mol. The zero-order valence-corrected chi connectivity index (χ0v) is 20.3. The van der Waals surface area contributed by atoms with Crippen LogP contribution in [-0.4, -0.2) is 40.0 Å². The van der Waals surface area contributed by atoms with E-state index in [2.05, 4.69) is 20.1 Å². The molecule has 3 aromatic carbocycles. The number of anilines is 2. The normalized spacial score (nSPS) is 10.4. The Morgan fingerprint density at radius 3 is 2.31 bits per heavy atom. The highest BCUT2D eigenvalue weighted by Crippen LogP contribution is 2.38. The maximum atomic E-state index is 12.6. The number of hydrogen-bond donors (Lipinski definition) is 3. The van der Waals surface area contributed by atoms with Crippen molar-refractivity contribution in [3.63, 3.8) is 0 Å². The topological polar surface area (TPSA) is 112 Å². The van der Waals surface area contributed by atoms with Gasteiger partial charge in [-0.1, -0.05) is 30.3 Å². The van der Waals surface area contributed by atoms with Gasteiger partial charge in [-0.05, 0) is 36.2 Å². The Hall–Kier alpha value is -3.90. The van der Waals surface area contributed by atoms with Gasteiger partial charge >= 0.3 is 12.5 Å². The van der Waals surface area contributed by atoms with E-state index in [1.807, 2.05) is 25.2 Å². The van der Waals surface area contributed by atoms with E-state index in [4.69, 9.17) is 9.88 Å². The molecule has 3 aromatic rings. The molecule has 36 heavy (non-hydrogen) atoms. The van der Waals surface area contributed by atoms with Crippen molar-refractivity contribution in [2.45, 2.75) is 11.3 Å². The summed E-state index contributed by atoms with van der Waals surface area (Å²) in [4.78, 5) is 23.3. The molecule has 0 aliphatic carbocycles. The van der Waals surface area contributed by atoms with Gasteiger partial charge in [0.1, 0.15) is 17.8 Å². The molecule has 0 heterocycles. The number of carbonyl (C=O) groups excluding carboxylic acids is 2. The number of alkyl halides is 3. The minimum Gasteiger partial charge on any atom is -0.495 e. The summed E-state index contributed by atoms with van der Waals surface area (Å²) in [5.74, 6) is 0.367. The van der Waals surface area contributed by atoms with E-state index < -0.39 is 18.2 Å². The molecule has 0 aliphatic rings. The second kappa shape index (κ2) is 13.3. The van der Waals surface area contributed by atoms with Crippen molar-refractivity contribution in [2.75, 3.05) is 31.9 Å². The molecule has 3 rings (SSSR count). The van der Waals surface area contributed by atoms with Gasteiger partial charge in [-0.25, -0.2) is 4.79 Å². The van der Waals surface area contributed by atoms with Gasteiger partial charge in [-0.15, -0.1) is 13.2 Å². The fraction of sp³-hybridized carbons (Fsp3) is 0.167. The van der Waals surface area contributed by atoms with Crippen LogP contribution in [0, 0.1) is 0 Å². The summed E-state index contributed by atoms with van der Waals surface area (Å²) in [5.41, 5.74) is 1.71. The Labute approximate surface area is 210 Å². The molecule has 12 heteroatoms. The van der Waals surface area contributed by atoms with Crippen LogP contribution in [0.4, 0.5) is 29.3 Å². The molecule has 0 spiro atoms. The highest BCUT2D eigenvalue weighted by atomic mass is 32.2. The number of nitrogens with one attached hydrogen (secondary N) is 2. The Kier molecular flexibility index (Phi) is 10.4. The van der Waals surface area contributed by atoms with E-state index in [-0.39, 0.29) is 22.4 Å². The number of amides is 1. The Morgan fingerprint density at radius 1 is 1.00 bits per heavy atom. The molecule has 0 fully saturated rings. The van der Waals surface area contributed by atoms with Crippen molar-refractivity contribution < 1.29 is 37.0 Å². The molecule has 0 radical (unpaired) electrons. The molecule has 0 atom stereocenters. The first-order chi connectivity index (χ1) is 17.1. The lowest BCUT2D eigenvalue weighted by Gasteiger charge is -2.16. The predicted molar refractivity (Wildman–Crippen MR) is 133 cm³/mol. The average molecular weight is 524 g/mol. The number of benzene rings is 3.